The molecule has 50 heavy (non-hydrogen) atoms. The molecule has 0 N–H and O–H groups in total. The average Bonchev–Trinajstić information content (AvgIpc) is 3.63. The van der Waals surface area contributed by atoms with Gasteiger partial charge in [-0.15, -0.1) is 0 Å². The Bertz CT molecular complexity index is 2600. The van der Waals surface area contributed by atoms with Crippen molar-refractivity contribution in [3.63, 3.8) is 0 Å². The molecule has 2 heteroatoms. The van der Waals surface area contributed by atoms with Crippen molar-refractivity contribution in [1.82, 2.24) is 0 Å². The number of hydrogen-bond donors (Lipinski definition) is 0. The number of hydrogen-bond acceptors (Lipinski definition) is 1. The number of nitrogens with zero attached hydrogens (tertiary/aromatic N) is 1. The minimum Gasteiger partial charge on any atom is -0.310 e. The smallest absolute Gasteiger partial charge is 0.0803 e. The minimum atomic E-state index is -1.75. The van der Waals surface area contributed by atoms with Gasteiger partial charge in [0.25, 0.3) is 0 Å². The highest BCUT2D eigenvalue weighted by Crippen LogP contribution is 2.66. The van der Waals surface area contributed by atoms with Gasteiger partial charge in [-0.1, -0.05) is 165 Å². The van der Waals surface area contributed by atoms with Gasteiger partial charge >= 0.3 is 0 Å². The molecular formula is C48H37NSi. The van der Waals surface area contributed by atoms with E-state index in [0.29, 0.717) is 0 Å². The topological polar surface area (TPSA) is 3.24 Å². The molecule has 2 aliphatic rings. The highest BCUT2D eigenvalue weighted by atomic mass is 28.3. The van der Waals surface area contributed by atoms with Crippen LogP contribution in [0.4, 0.5) is 17.1 Å². The molecular weight excluding hydrogens is 619 g/mol. The molecule has 0 saturated carbocycles. The molecule has 0 saturated heterocycles. The molecule has 0 amide bonds. The highest BCUT2D eigenvalue weighted by Gasteiger charge is 2.53. The fourth-order valence-electron chi connectivity index (χ4n) is 9.23. The summed E-state index contributed by atoms with van der Waals surface area (Å²) in [5.41, 5.74) is 14.0. The van der Waals surface area contributed by atoms with Crippen LogP contribution >= 0.6 is 0 Å². The highest BCUT2D eigenvalue weighted by molar-refractivity contribution is 6.89. The zero-order valence-corrected chi connectivity index (χ0v) is 29.6. The Morgan fingerprint density at radius 2 is 1.02 bits per heavy atom. The first-order valence-electron chi connectivity index (χ1n) is 17.7. The van der Waals surface area contributed by atoms with Crippen LogP contribution in [-0.4, -0.2) is 8.07 Å². The lowest BCUT2D eigenvalue weighted by molar-refractivity contribution is 0.802. The first kappa shape index (κ1) is 29.2. The maximum Gasteiger partial charge on any atom is 0.0803 e. The molecule has 0 unspecified atom stereocenters. The van der Waals surface area contributed by atoms with Gasteiger partial charge in [0.05, 0.1) is 19.2 Å². The number of para-hydroxylation sites is 2. The quantitative estimate of drug-likeness (QED) is 0.171. The molecule has 1 spiro atoms. The van der Waals surface area contributed by atoms with Gasteiger partial charge < -0.3 is 4.90 Å². The van der Waals surface area contributed by atoms with E-state index in [4.69, 9.17) is 0 Å². The van der Waals surface area contributed by atoms with E-state index >= 15 is 0 Å². The Morgan fingerprint density at radius 1 is 0.440 bits per heavy atom. The van der Waals surface area contributed by atoms with Gasteiger partial charge in [0.1, 0.15) is 0 Å². The molecule has 0 aliphatic heterocycles. The van der Waals surface area contributed by atoms with Crippen LogP contribution < -0.4 is 10.1 Å². The van der Waals surface area contributed by atoms with E-state index in [2.05, 4.69) is 194 Å². The van der Waals surface area contributed by atoms with E-state index in [1.54, 1.807) is 0 Å². The molecule has 0 heterocycles. The Hall–Kier alpha value is -5.70. The summed E-state index contributed by atoms with van der Waals surface area (Å²) in [4.78, 5) is 2.55. The average molecular weight is 656 g/mol. The van der Waals surface area contributed by atoms with Crippen LogP contribution in [0, 0.1) is 0 Å². The second-order valence-corrected chi connectivity index (χ2v) is 19.9. The van der Waals surface area contributed by atoms with Crippen LogP contribution in [0.1, 0.15) is 22.3 Å². The van der Waals surface area contributed by atoms with Gasteiger partial charge in [-0.05, 0) is 90.1 Å². The van der Waals surface area contributed by atoms with E-state index < -0.39 is 13.5 Å². The van der Waals surface area contributed by atoms with Crippen molar-refractivity contribution < 1.29 is 0 Å². The summed E-state index contributed by atoms with van der Waals surface area (Å²) in [6.45, 7) is 7.37. The van der Waals surface area contributed by atoms with Crippen molar-refractivity contribution in [2.24, 2.45) is 0 Å². The zero-order chi connectivity index (χ0) is 33.6. The summed E-state index contributed by atoms with van der Waals surface area (Å²) in [7, 11) is -1.75. The summed E-state index contributed by atoms with van der Waals surface area (Å²) in [5, 5.41) is 6.61. The van der Waals surface area contributed by atoms with Crippen molar-refractivity contribution >= 4 is 51.9 Å². The molecule has 8 aromatic rings. The van der Waals surface area contributed by atoms with Gasteiger partial charge in [-0.25, -0.2) is 0 Å². The Morgan fingerprint density at radius 3 is 1.74 bits per heavy atom. The van der Waals surface area contributed by atoms with Crippen LogP contribution in [-0.2, 0) is 5.41 Å². The number of anilines is 3. The minimum absolute atomic E-state index is 0.474. The summed E-state index contributed by atoms with van der Waals surface area (Å²) >= 11 is 0. The maximum atomic E-state index is 2.57. The van der Waals surface area contributed by atoms with Crippen LogP contribution in [0.3, 0.4) is 0 Å². The van der Waals surface area contributed by atoms with E-state index in [1.165, 1.54) is 88.3 Å². The largest absolute Gasteiger partial charge is 0.310 e. The lowest BCUT2D eigenvalue weighted by atomic mass is 9.69. The number of rotatable bonds is 4. The molecule has 0 fully saturated rings. The second-order valence-electron chi connectivity index (χ2n) is 14.9. The molecule has 1 nitrogen and oxygen atoms in total. The first-order valence-corrected chi connectivity index (χ1v) is 21.2. The summed E-state index contributed by atoms with van der Waals surface area (Å²) in [6, 6.07) is 63.8. The molecule has 0 atom stereocenters. The maximum absolute atomic E-state index is 2.57. The second kappa shape index (κ2) is 10.6. The monoisotopic (exact) mass is 655 g/mol. The summed E-state index contributed by atoms with van der Waals surface area (Å²) in [6.07, 6.45) is 0. The molecule has 0 aromatic heterocycles. The van der Waals surface area contributed by atoms with E-state index in [1.807, 2.05) is 0 Å². The van der Waals surface area contributed by atoms with Crippen LogP contribution in [0.15, 0.2) is 170 Å². The fourth-order valence-corrected chi connectivity index (χ4v) is 10.8. The van der Waals surface area contributed by atoms with E-state index in [9.17, 15) is 0 Å². The van der Waals surface area contributed by atoms with Crippen LogP contribution in [0.2, 0.25) is 19.6 Å². The summed E-state index contributed by atoms with van der Waals surface area (Å²) < 4.78 is 0. The van der Waals surface area contributed by atoms with Crippen molar-refractivity contribution in [1.29, 1.82) is 0 Å². The van der Waals surface area contributed by atoms with Crippen molar-refractivity contribution in [3.8, 4) is 22.3 Å². The summed E-state index contributed by atoms with van der Waals surface area (Å²) in [5.74, 6) is 0. The molecule has 10 rings (SSSR count). The lowest BCUT2D eigenvalue weighted by Gasteiger charge is -2.35. The van der Waals surface area contributed by atoms with Gasteiger partial charge in [-0.3, -0.25) is 0 Å². The normalized spacial score (nSPS) is 13.7. The van der Waals surface area contributed by atoms with Gasteiger partial charge in [0.2, 0.25) is 0 Å². The third kappa shape index (κ3) is 3.88. The van der Waals surface area contributed by atoms with Crippen molar-refractivity contribution in [2.75, 3.05) is 4.90 Å². The molecule has 0 bridgehead atoms. The number of benzene rings is 8. The SMILES string of the molecule is C[Si](C)(C)c1ccccc1N(c1ccccc1)c1cc2c(c3ccccc13)-c1ccc3ccccc3c1C21c2ccccc2-c2ccccc21. The Balaban J connectivity index is 1.41. The molecule has 238 valence electrons. The first-order chi connectivity index (χ1) is 24.5. The van der Waals surface area contributed by atoms with Crippen LogP contribution in [0.5, 0.6) is 0 Å². The third-order valence-electron chi connectivity index (χ3n) is 11.2. The van der Waals surface area contributed by atoms with Gasteiger partial charge in [0, 0.05) is 16.8 Å². The fraction of sp³-hybridized carbons (Fsp3) is 0.0833. The van der Waals surface area contributed by atoms with Gasteiger partial charge in [-0.2, -0.15) is 0 Å². The van der Waals surface area contributed by atoms with E-state index in [0.717, 1.165) is 0 Å². The lowest BCUT2D eigenvalue weighted by Crippen LogP contribution is -2.40. The van der Waals surface area contributed by atoms with Crippen molar-refractivity contribution in [3.05, 3.63) is 192 Å². The van der Waals surface area contributed by atoms with Crippen LogP contribution in [0.25, 0.3) is 43.8 Å². The van der Waals surface area contributed by atoms with E-state index in [-0.39, 0.29) is 0 Å². The Kier molecular flexibility index (Phi) is 6.22. The standard InChI is InChI=1S/C48H37NSi/c1-50(2,3)45-28-16-15-27-43(45)49(33-18-5-4-6-19-33)44-31-42-46(38-24-10-9-23-37(38)44)39-30-29-32-17-7-8-20-34(32)47(39)48(42)40-25-13-11-21-35(40)36-22-12-14-26-41(36)48/h4-31H,1-3H3. The molecule has 8 aromatic carbocycles. The van der Waals surface area contributed by atoms with Gasteiger partial charge in [0.15, 0.2) is 0 Å². The Labute approximate surface area is 295 Å². The predicted octanol–water partition coefficient (Wildman–Crippen LogP) is 12.4. The predicted molar refractivity (Wildman–Crippen MR) is 215 cm³/mol. The number of fused-ring (bicyclic) bond motifs is 14. The molecule has 2 aliphatic carbocycles. The third-order valence-corrected chi connectivity index (χ3v) is 13.2. The zero-order valence-electron chi connectivity index (χ0n) is 28.6. The van der Waals surface area contributed by atoms with Crippen molar-refractivity contribution in [2.45, 2.75) is 25.1 Å². The molecule has 0 radical (unpaired) electrons.